The average Bonchev–Trinajstić information content (AvgIpc) is 3.34. The van der Waals surface area contributed by atoms with Crippen molar-refractivity contribution in [1.82, 2.24) is 9.97 Å². The van der Waals surface area contributed by atoms with Gasteiger partial charge in [-0.05, 0) is 18.8 Å². The predicted molar refractivity (Wildman–Crippen MR) is 78.2 cm³/mol. The van der Waals surface area contributed by atoms with E-state index in [4.69, 9.17) is 27.9 Å². The largest absolute Gasteiger partial charge is 0.463 e. The Morgan fingerprint density at radius 1 is 1.43 bits per heavy atom. The second kappa shape index (κ2) is 4.99. The lowest BCUT2D eigenvalue weighted by Gasteiger charge is -2.12. The van der Waals surface area contributed by atoms with E-state index in [-0.39, 0.29) is 29.0 Å². The number of ether oxygens (including phenoxy) is 1. The van der Waals surface area contributed by atoms with Gasteiger partial charge in [0.25, 0.3) is 0 Å². The van der Waals surface area contributed by atoms with E-state index in [1.807, 2.05) is 6.08 Å². The number of anilines is 1. The molecule has 1 aromatic heterocycles. The van der Waals surface area contributed by atoms with E-state index < -0.39 is 5.82 Å². The first kappa shape index (κ1) is 13.6. The number of hydrogen-bond donors (Lipinski definition) is 1. The molecule has 0 bridgehead atoms. The molecule has 7 heteroatoms. The molecule has 1 aromatic rings. The zero-order valence-electron chi connectivity index (χ0n) is 11.1. The summed E-state index contributed by atoms with van der Waals surface area (Å²) in [7, 11) is 0. The average molecular weight is 330 g/mol. The van der Waals surface area contributed by atoms with Crippen molar-refractivity contribution in [1.29, 1.82) is 0 Å². The maximum absolute atomic E-state index is 13.6. The highest BCUT2D eigenvalue weighted by molar-refractivity contribution is 6.33. The highest BCUT2D eigenvalue weighted by Crippen LogP contribution is 2.59. The SMILES string of the molecule is Fc1cnc(OCC2C=C(Cl)[C@H]3C(Cl)C23)nc1NC1CC1. The molecule has 112 valence electrons. The molecule has 21 heavy (non-hydrogen) atoms. The van der Waals surface area contributed by atoms with Gasteiger partial charge in [-0.25, -0.2) is 9.37 Å². The second-order valence-corrected chi connectivity index (χ2v) is 6.78. The lowest BCUT2D eigenvalue weighted by atomic mass is 10.1. The molecule has 0 aliphatic heterocycles. The minimum atomic E-state index is -0.457. The van der Waals surface area contributed by atoms with Crippen molar-refractivity contribution in [3.8, 4) is 6.01 Å². The lowest BCUT2D eigenvalue weighted by Crippen LogP contribution is -2.14. The Kier molecular flexibility index (Phi) is 3.23. The molecule has 0 spiro atoms. The molecule has 3 unspecified atom stereocenters. The van der Waals surface area contributed by atoms with Crippen molar-refractivity contribution in [3.05, 3.63) is 23.1 Å². The van der Waals surface area contributed by atoms with Crippen LogP contribution < -0.4 is 10.1 Å². The fourth-order valence-corrected chi connectivity index (χ4v) is 3.90. The quantitative estimate of drug-likeness (QED) is 0.843. The van der Waals surface area contributed by atoms with Crippen LogP contribution in [0, 0.1) is 23.6 Å². The van der Waals surface area contributed by atoms with Crippen LogP contribution >= 0.6 is 23.2 Å². The van der Waals surface area contributed by atoms with Gasteiger partial charge in [0.2, 0.25) is 0 Å². The van der Waals surface area contributed by atoms with Crippen LogP contribution in [0.4, 0.5) is 10.2 Å². The fourth-order valence-electron chi connectivity index (χ4n) is 2.83. The Morgan fingerprint density at radius 3 is 2.90 bits per heavy atom. The summed E-state index contributed by atoms with van der Waals surface area (Å²) in [6, 6.07) is 0.502. The number of allylic oxidation sites excluding steroid dienone is 1. The van der Waals surface area contributed by atoms with E-state index in [1.165, 1.54) is 0 Å². The van der Waals surface area contributed by atoms with Gasteiger partial charge in [0, 0.05) is 28.3 Å². The summed E-state index contributed by atoms with van der Waals surface area (Å²) in [6.45, 7) is 0.412. The lowest BCUT2D eigenvalue weighted by molar-refractivity contribution is 0.244. The fraction of sp³-hybridized carbons (Fsp3) is 0.571. The van der Waals surface area contributed by atoms with E-state index in [0.717, 1.165) is 24.1 Å². The number of rotatable bonds is 5. The zero-order chi connectivity index (χ0) is 14.6. The van der Waals surface area contributed by atoms with Crippen LogP contribution in [0.15, 0.2) is 17.3 Å². The highest BCUT2D eigenvalue weighted by atomic mass is 35.5. The van der Waals surface area contributed by atoms with Crippen LogP contribution in [0.3, 0.4) is 0 Å². The van der Waals surface area contributed by atoms with E-state index in [1.54, 1.807) is 0 Å². The van der Waals surface area contributed by atoms with Gasteiger partial charge in [-0.15, -0.1) is 11.6 Å². The van der Waals surface area contributed by atoms with E-state index in [9.17, 15) is 4.39 Å². The molecule has 2 saturated carbocycles. The van der Waals surface area contributed by atoms with Gasteiger partial charge in [-0.3, -0.25) is 0 Å². The second-order valence-electron chi connectivity index (χ2n) is 5.84. The standard InChI is InChI=1S/C14H14Cl2FN3O/c15-8-3-6(10-11(8)12(10)16)5-21-14-18-4-9(17)13(20-14)19-7-1-2-7/h3-4,6-7,10-12H,1-2,5H2,(H,18,19,20)/t6?,10?,11-,12?/m1/s1. The molecule has 4 atom stereocenters. The Morgan fingerprint density at radius 2 is 2.24 bits per heavy atom. The summed E-state index contributed by atoms with van der Waals surface area (Å²) in [4.78, 5) is 7.95. The van der Waals surface area contributed by atoms with Gasteiger partial charge in [0.05, 0.1) is 12.8 Å². The molecule has 3 aliphatic rings. The Labute approximate surface area is 131 Å². The number of fused-ring (bicyclic) bond motifs is 1. The minimum Gasteiger partial charge on any atom is -0.463 e. The Bertz CT molecular complexity index is 608. The molecule has 1 N–H and O–H groups in total. The summed E-state index contributed by atoms with van der Waals surface area (Å²) < 4.78 is 19.2. The smallest absolute Gasteiger partial charge is 0.318 e. The summed E-state index contributed by atoms with van der Waals surface area (Å²) >= 11 is 12.3. The maximum Gasteiger partial charge on any atom is 0.318 e. The monoisotopic (exact) mass is 329 g/mol. The summed E-state index contributed by atoms with van der Waals surface area (Å²) in [5.74, 6) is 0.563. The number of nitrogens with one attached hydrogen (secondary N) is 1. The topological polar surface area (TPSA) is 47.0 Å². The van der Waals surface area contributed by atoms with Gasteiger partial charge in [-0.1, -0.05) is 17.7 Å². The third-order valence-corrected chi connectivity index (χ3v) is 5.16. The van der Waals surface area contributed by atoms with Crippen LogP contribution in [0.1, 0.15) is 12.8 Å². The third kappa shape index (κ3) is 2.57. The molecule has 4 nitrogen and oxygen atoms in total. The summed E-state index contributed by atoms with van der Waals surface area (Å²) in [6.07, 6.45) is 5.22. The molecule has 3 aliphatic carbocycles. The van der Waals surface area contributed by atoms with E-state index in [2.05, 4.69) is 15.3 Å². The third-order valence-electron chi connectivity index (χ3n) is 4.22. The minimum absolute atomic E-state index is 0.109. The van der Waals surface area contributed by atoms with Gasteiger partial charge in [0.1, 0.15) is 0 Å². The molecule has 2 fully saturated rings. The number of nitrogens with zero attached hydrogens (tertiary/aromatic N) is 2. The van der Waals surface area contributed by atoms with Crippen molar-refractivity contribution in [2.24, 2.45) is 17.8 Å². The maximum atomic E-state index is 13.6. The van der Waals surface area contributed by atoms with E-state index in [0.29, 0.717) is 18.6 Å². The predicted octanol–water partition coefficient (Wildman–Crippen LogP) is 3.17. The molecule has 4 rings (SSSR count). The van der Waals surface area contributed by atoms with Crippen molar-refractivity contribution in [2.45, 2.75) is 24.3 Å². The van der Waals surface area contributed by atoms with Crippen LogP contribution in [0.25, 0.3) is 0 Å². The molecule has 0 saturated heterocycles. The van der Waals surface area contributed by atoms with Gasteiger partial charge >= 0.3 is 6.01 Å². The first-order valence-corrected chi connectivity index (χ1v) is 7.88. The molecule has 0 radical (unpaired) electrons. The molecule has 1 heterocycles. The van der Waals surface area contributed by atoms with Crippen LogP contribution in [0.2, 0.25) is 0 Å². The molecular formula is C14H14Cl2FN3O. The Balaban J connectivity index is 1.41. The number of aromatic nitrogens is 2. The molecular weight excluding hydrogens is 316 g/mol. The first-order chi connectivity index (χ1) is 10.1. The summed E-state index contributed by atoms with van der Waals surface area (Å²) in [5, 5.41) is 3.96. The first-order valence-electron chi connectivity index (χ1n) is 7.06. The normalized spacial score (nSPS) is 33.4. The summed E-state index contributed by atoms with van der Waals surface area (Å²) in [5.41, 5.74) is 0. The molecule has 0 amide bonds. The molecule has 0 aromatic carbocycles. The van der Waals surface area contributed by atoms with Crippen molar-refractivity contribution >= 4 is 29.0 Å². The number of halogens is 3. The van der Waals surface area contributed by atoms with Crippen LogP contribution in [-0.2, 0) is 0 Å². The van der Waals surface area contributed by atoms with E-state index >= 15 is 0 Å². The number of alkyl halides is 1. The van der Waals surface area contributed by atoms with Gasteiger partial charge in [0.15, 0.2) is 11.6 Å². The van der Waals surface area contributed by atoms with Crippen molar-refractivity contribution in [3.63, 3.8) is 0 Å². The van der Waals surface area contributed by atoms with Crippen molar-refractivity contribution < 1.29 is 9.13 Å². The zero-order valence-corrected chi connectivity index (χ0v) is 12.6. The van der Waals surface area contributed by atoms with Gasteiger partial charge in [-0.2, -0.15) is 4.98 Å². The highest BCUT2D eigenvalue weighted by Gasteiger charge is 2.58. The van der Waals surface area contributed by atoms with Crippen LogP contribution in [-0.4, -0.2) is 28.0 Å². The van der Waals surface area contributed by atoms with Crippen molar-refractivity contribution in [2.75, 3.05) is 11.9 Å². The number of hydrogen-bond acceptors (Lipinski definition) is 4. The van der Waals surface area contributed by atoms with Crippen LogP contribution in [0.5, 0.6) is 6.01 Å². The van der Waals surface area contributed by atoms with Gasteiger partial charge < -0.3 is 10.1 Å². The Hall–Kier alpha value is -1.07.